The molecule has 3 fully saturated rings. The van der Waals surface area contributed by atoms with Gasteiger partial charge in [0.2, 0.25) is 6.79 Å². The molecule has 156 valence electrons. The molecule has 0 aromatic heterocycles. The Hall–Kier alpha value is -2.28. The number of carbonyl (C=O) groups is 2. The Labute approximate surface area is 170 Å². The first kappa shape index (κ1) is 18.7. The van der Waals surface area contributed by atoms with Crippen LogP contribution in [0.2, 0.25) is 0 Å². The van der Waals surface area contributed by atoms with Gasteiger partial charge >= 0.3 is 5.97 Å². The molecular formula is C22H28N2O5. The normalized spacial score (nSPS) is 32.5. The van der Waals surface area contributed by atoms with Crippen LogP contribution < -0.4 is 9.47 Å². The van der Waals surface area contributed by atoms with Crippen molar-refractivity contribution in [2.45, 2.75) is 45.8 Å². The minimum atomic E-state index is -1.00. The predicted octanol–water partition coefficient (Wildman–Crippen LogP) is 2.18. The highest BCUT2D eigenvalue weighted by molar-refractivity contribution is 5.96. The van der Waals surface area contributed by atoms with Crippen LogP contribution in [0.25, 0.3) is 0 Å². The van der Waals surface area contributed by atoms with Gasteiger partial charge in [0.05, 0.1) is 5.41 Å². The maximum Gasteiger partial charge on any atom is 0.313 e. The molecule has 0 spiro atoms. The third-order valence-electron chi connectivity index (χ3n) is 7.93. The molecule has 4 aliphatic rings. The fraction of sp³-hybridized carbons (Fsp3) is 0.636. The van der Waals surface area contributed by atoms with Crippen LogP contribution in [-0.2, 0) is 20.9 Å². The van der Waals surface area contributed by atoms with Crippen LogP contribution in [0.5, 0.6) is 11.5 Å². The molecular weight excluding hydrogens is 372 g/mol. The number of fused-ring (bicyclic) bond motifs is 3. The first-order chi connectivity index (χ1) is 13.8. The minimum absolute atomic E-state index is 0.0141. The Morgan fingerprint density at radius 2 is 1.76 bits per heavy atom. The van der Waals surface area contributed by atoms with Crippen molar-refractivity contribution in [3.8, 4) is 11.5 Å². The van der Waals surface area contributed by atoms with Gasteiger partial charge in [-0.15, -0.1) is 0 Å². The van der Waals surface area contributed by atoms with E-state index in [0.717, 1.165) is 31.1 Å². The Kier molecular flexibility index (Phi) is 3.95. The van der Waals surface area contributed by atoms with Crippen LogP contribution in [0.4, 0.5) is 0 Å². The van der Waals surface area contributed by atoms with E-state index in [9.17, 15) is 9.59 Å². The van der Waals surface area contributed by atoms with E-state index in [-0.39, 0.29) is 18.7 Å². The smallest absolute Gasteiger partial charge is 0.313 e. The third-order valence-corrected chi connectivity index (χ3v) is 7.93. The maximum absolute atomic E-state index is 13.5. The summed E-state index contributed by atoms with van der Waals surface area (Å²) in [4.78, 5) is 30.2. The van der Waals surface area contributed by atoms with Crippen molar-refractivity contribution in [3.05, 3.63) is 23.8 Å². The molecule has 2 atom stereocenters. The summed E-state index contributed by atoms with van der Waals surface area (Å²) in [6.07, 6.45) is 1.34. The van der Waals surface area contributed by atoms with Gasteiger partial charge < -0.3 is 19.1 Å². The van der Waals surface area contributed by atoms with Crippen molar-refractivity contribution < 1.29 is 23.8 Å². The molecule has 29 heavy (non-hydrogen) atoms. The van der Waals surface area contributed by atoms with Gasteiger partial charge in [0.25, 0.3) is 5.91 Å². The highest BCUT2D eigenvalue weighted by Crippen LogP contribution is 2.66. The van der Waals surface area contributed by atoms with E-state index in [4.69, 9.17) is 14.2 Å². The molecule has 1 amide bonds. The van der Waals surface area contributed by atoms with Crippen molar-refractivity contribution in [1.29, 1.82) is 0 Å². The maximum atomic E-state index is 13.5. The number of nitrogens with zero attached hydrogens (tertiary/aromatic N) is 2. The van der Waals surface area contributed by atoms with Gasteiger partial charge in [-0.2, -0.15) is 0 Å². The van der Waals surface area contributed by atoms with E-state index in [0.29, 0.717) is 25.9 Å². The fourth-order valence-electron chi connectivity index (χ4n) is 5.38. The monoisotopic (exact) mass is 400 g/mol. The van der Waals surface area contributed by atoms with Gasteiger partial charge in [-0.05, 0) is 37.5 Å². The number of piperazine rings is 1. The van der Waals surface area contributed by atoms with Gasteiger partial charge in [-0.1, -0.05) is 19.9 Å². The van der Waals surface area contributed by atoms with Crippen LogP contribution in [0.1, 0.15) is 39.2 Å². The molecule has 1 saturated carbocycles. The largest absolute Gasteiger partial charge is 0.454 e. The van der Waals surface area contributed by atoms with Gasteiger partial charge in [0.1, 0.15) is 0 Å². The first-order valence-corrected chi connectivity index (χ1v) is 10.4. The summed E-state index contributed by atoms with van der Waals surface area (Å²) in [6.45, 7) is 9.94. The molecule has 2 bridgehead atoms. The Morgan fingerprint density at radius 1 is 1.03 bits per heavy atom. The summed E-state index contributed by atoms with van der Waals surface area (Å²) in [5.74, 6) is 1.36. The molecule has 1 aromatic rings. The van der Waals surface area contributed by atoms with E-state index in [1.54, 1.807) is 0 Å². The summed E-state index contributed by atoms with van der Waals surface area (Å²) >= 11 is 0. The number of ether oxygens (including phenoxy) is 3. The van der Waals surface area contributed by atoms with Crippen molar-refractivity contribution in [2.75, 3.05) is 33.0 Å². The zero-order valence-corrected chi connectivity index (χ0v) is 17.3. The lowest BCUT2D eigenvalue weighted by Gasteiger charge is -2.42. The van der Waals surface area contributed by atoms with Crippen molar-refractivity contribution >= 4 is 11.9 Å². The molecule has 5 rings (SSSR count). The average molecular weight is 400 g/mol. The summed E-state index contributed by atoms with van der Waals surface area (Å²) in [5.41, 5.74) is -0.884. The number of rotatable bonds is 3. The quantitative estimate of drug-likeness (QED) is 0.725. The van der Waals surface area contributed by atoms with Crippen LogP contribution >= 0.6 is 0 Å². The second kappa shape index (κ2) is 6.11. The van der Waals surface area contributed by atoms with Crippen molar-refractivity contribution in [2.24, 2.45) is 10.8 Å². The first-order valence-electron chi connectivity index (χ1n) is 10.4. The second-order valence-electron chi connectivity index (χ2n) is 9.43. The number of esters is 1. The van der Waals surface area contributed by atoms with Crippen LogP contribution in [0.3, 0.4) is 0 Å². The third kappa shape index (κ3) is 2.46. The van der Waals surface area contributed by atoms with Crippen molar-refractivity contribution in [3.63, 3.8) is 0 Å². The van der Waals surface area contributed by atoms with Crippen LogP contribution in [0.15, 0.2) is 18.2 Å². The van der Waals surface area contributed by atoms with E-state index < -0.39 is 16.4 Å². The number of benzene rings is 1. The lowest BCUT2D eigenvalue weighted by atomic mass is 9.66. The van der Waals surface area contributed by atoms with E-state index in [1.807, 2.05) is 37.8 Å². The molecule has 1 aromatic carbocycles. The van der Waals surface area contributed by atoms with Gasteiger partial charge in [0, 0.05) is 38.1 Å². The Bertz CT molecular complexity index is 876. The Balaban J connectivity index is 1.24. The van der Waals surface area contributed by atoms with Gasteiger partial charge in [0.15, 0.2) is 17.1 Å². The zero-order valence-electron chi connectivity index (χ0n) is 17.3. The molecule has 1 aliphatic carbocycles. The lowest BCUT2D eigenvalue weighted by molar-refractivity contribution is -0.175. The highest BCUT2D eigenvalue weighted by atomic mass is 16.7. The van der Waals surface area contributed by atoms with Gasteiger partial charge in [-0.25, -0.2) is 0 Å². The predicted molar refractivity (Wildman–Crippen MR) is 104 cm³/mol. The van der Waals surface area contributed by atoms with E-state index in [2.05, 4.69) is 11.0 Å². The standard InChI is InChI=1S/C22H28N2O5/c1-20(2)21(3)6-7-22(20,29-19(21)26)18(25)24-10-8-23(9-11-24)13-15-4-5-16-17(12-15)28-14-27-16/h4-5,12H,6-11,13-14H2,1-3H3/t21-,22-/m1/s1. The molecule has 7 heteroatoms. The molecule has 0 radical (unpaired) electrons. The fourth-order valence-corrected chi connectivity index (χ4v) is 5.38. The summed E-state index contributed by atoms with van der Waals surface area (Å²) in [6, 6.07) is 6.03. The van der Waals surface area contributed by atoms with Crippen LogP contribution in [0, 0.1) is 10.8 Å². The zero-order chi connectivity index (χ0) is 20.4. The molecule has 3 aliphatic heterocycles. The molecule has 2 saturated heterocycles. The Morgan fingerprint density at radius 3 is 2.41 bits per heavy atom. The molecule has 0 unspecified atom stereocenters. The topological polar surface area (TPSA) is 68.3 Å². The number of amides is 1. The number of carbonyl (C=O) groups excluding carboxylic acids is 2. The average Bonchev–Trinajstić information content (AvgIpc) is 3.29. The lowest BCUT2D eigenvalue weighted by Crippen LogP contribution is -2.59. The summed E-state index contributed by atoms with van der Waals surface area (Å²) in [7, 11) is 0. The van der Waals surface area contributed by atoms with Crippen molar-refractivity contribution in [1.82, 2.24) is 9.80 Å². The van der Waals surface area contributed by atoms with Gasteiger partial charge in [-0.3, -0.25) is 14.5 Å². The number of hydrogen-bond donors (Lipinski definition) is 0. The van der Waals surface area contributed by atoms with Crippen LogP contribution in [-0.4, -0.2) is 60.2 Å². The summed E-state index contributed by atoms with van der Waals surface area (Å²) in [5, 5.41) is 0. The second-order valence-corrected chi connectivity index (χ2v) is 9.43. The van der Waals surface area contributed by atoms with E-state index in [1.165, 1.54) is 5.56 Å². The molecule has 7 nitrogen and oxygen atoms in total. The summed E-state index contributed by atoms with van der Waals surface area (Å²) < 4.78 is 16.6. The highest BCUT2D eigenvalue weighted by Gasteiger charge is 2.76. The number of hydrogen-bond acceptors (Lipinski definition) is 6. The van der Waals surface area contributed by atoms with E-state index >= 15 is 0 Å². The molecule has 3 heterocycles. The molecule has 0 N–H and O–H groups in total. The SMILES string of the molecule is CC1(C)[C@]2(C)CC[C@]1(C(=O)N1CCN(Cc3ccc4c(c3)OCO4)CC1)OC2=O. The minimum Gasteiger partial charge on any atom is -0.454 e.